The van der Waals surface area contributed by atoms with E-state index < -0.39 is 45.2 Å². The molecule has 2 N–H and O–H groups in total. The Balaban J connectivity index is 1.25. The van der Waals surface area contributed by atoms with Crippen LogP contribution in [0.15, 0.2) is 29.8 Å². The molecule has 0 spiro atoms. The van der Waals surface area contributed by atoms with Gasteiger partial charge in [-0.3, -0.25) is 29.3 Å². The van der Waals surface area contributed by atoms with Gasteiger partial charge in [0.25, 0.3) is 5.91 Å². The SMILES string of the molecule is CCc1c(-c2cc(C#CCN3CCS(=O)(=O)CC3)cnc2[C@H](C)OC)n2c3c(F)c(ccc13)-c1csc(n1)C[C@H](NC(=O)C1[C@@H](C)[C@H]1C)C(=O)N1CCC[C@H](N1)C(=O)OCC(C)(C)C2. The summed E-state index contributed by atoms with van der Waals surface area (Å²) in [6.07, 6.45) is 2.91. The van der Waals surface area contributed by atoms with E-state index in [4.69, 9.17) is 19.4 Å². The first-order valence-electron chi connectivity index (χ1n) is 22.3. The van der Waals surface area contributed by atoms with E-state index in [-0.39, 0.29) is 66.2 Å². The van der Waals surface area contributed by atoms with E-state index in [9.17, 15) is 22.8 Å². The maximum atomic E-state index is 17.7. The Kier molecular flexibility index (Phi) is 13.1. The number of methoxy groups -OCH3 is 1. The lowest BCUT2D eigenvalue weighted by molar-refractivity contribution is -0.155. The normalized spacial score (nSPS) is 25.2. The molecule has 6 heterocycles. The highest BCUT2D eigenvalue weighted by Gasteiger charge is 2.49. The van der Waals surface area contributed by atoms with E-state index in [1.807, 2.05) is 63.1 Å². The van der Waals surface area contributed by atoms with Crippen molar-refractivity contribution in [3.63, 3.8) is 0 Å². The van der Waals surface area contributed by atoms with Crippen LogP contribution < -0.4 is 10.7 Å². The molecule has 0 radical (unpaired) electrons. The number of amides is 2. The molecular formula is C47H58FN7O7S2. The number of carbonyl (C=O) groups is 3. The lowest BCUT2D eigenvalue weighted by Gasteiger charge is -2.35. The summed E-state index contributed by atoms with van der Waals surface area (Å²) in [7, 11) is -1.41. The van der Waals surface area contributed by atoms with Gasteiger partial charge in [-0.2, -0.15) is 0 Å². The number of thiazole rings is 1. The van der Waals surface area contributed by atoms with Crippen LogP contribution in [-0.2, 0) is 53.1 Å². The molecule has 2 amide bonds. The number of aryl methyl sites for hydroxylation is 1. The van der Waals surface area contributed by atoms with Gasteiger partial charge >= 0.3 is 5.97 Å². The second-order valence-corrected chi connectivity index (χ2v) is 21.8. The van der Waals surface area contributed by atoms with Crippen LogP contribution in [0.25, 0.3) is 33.4 Å². The number of hydrogen-bond acceptors (Lipinski definition) is 12. The summed E-state index contributed by atoms with van der Waals surface area (Å²) < 4.78 is 55.6. The van der Waals surface area contributed by atoms with Gasteiger partial charge in [-0.15, -0.1) is 11.3 Å². The fourth-order valence-electron chi connectivity index (χ4n) is 9.28. The largest absolute Gasteiger partial charge is 0.464 e. The summed E-state index contributed by atoms with van der Waals surface area (Å²) in [5.41, 5.74) is 7.10. The number of halogens is 1. The number of nitrogens with one attached hydrogen (secondary N) is 2. The van der Waals surface area contributed by atoms with E-state index in [1.54, 1.807) is 24.8 Å². The summed E-state index contributed by atoms with van der Waals surface area (Å²) in [4.78, 5) is 53.3. The smallest absolute Gasteiger partial charge is 0.324 e. The zero-order valence-electron chi connectivity index (χ0n) is 37.6. The van der Waals surface area contributed by atoms with E-state index >= 15 is 4.39 Å². The quantitative estimate of drug-likeness (QED) is 0.182. The van der Waals surface area contributed by atoms with Crippen LogP contribution in [0.5, 0.6) is 0 Å². The topological polar surface area (TPSA) is 165 Å². The molecule has 4 aromatic rings. The van der Waals surface area contributed by atoms with Crippen molar-refractivity contribution in [3.05, 3.63) is 57.4 Å². The number of rotatable bonds is 7. The maximum absolute atomic E-state index is 17.7. The van der Waals surface area contributed by atoms with Crippen LogP contribution in [-0.4, -0.2) is 114 Å². The molecule has 342 valence electrons. The summed E-state index contributed by atoms with van der Waals surface area (Å²) in [5, 5.41) is 7.48. The van der Waals surface area contributed by atoms with Gasteiger partial charge < -0.3 is 19.4 Å². The van der Waals surface area contributed by atoms with Crippen molar-refractivity contribution in [2.24, 2.45) is 23.2 Å². The second kappa shape index (κ2) is 18.3. The van der Waals surface area contributed by atoms with Crippen LogP contribution in [0, 0.1) is 40.8 Å². The molecule has 6 bridgehead atoms. The van der Waals surface area contributed by atoms with Crippen LogP contribution in [0.1, 0.15) is 82.3 Å². The van der Waals surface area contributed by atoms with Crippen molar-refractivity contribution >= 4 is 49.9 Å². The Hall–Kier alpha value is -4.73. The van der Waals surface area contributed by atoms with Crippen molar-refractivity contribution in [1.29, 1.82) is 0 Å². The molecule has 1 aromatic carbocycles. The molecule has 8 rings (SSSR count). The molecule has 6 atom stereocenters. The molecule has 1 unspecified atom stereocenters. The number of carbonyl (C=O) groups excluding carboxylic acids is 3. The third-order valence-corrected chi connectivity index (χ3v) is 15.9. The number of aromatic nitrogens is 3. The van der Waals surface area contributed by atoms with Gasteiger partial charge in [-0.25, -0.2) is 23.2 Å². The van der Waals surface area contributed by atoms with Crippen molar-refractivity contribution < 1.29 is 36.7 Å². The summed E-state index contributed by atoms with van der Waals surface area (Å²) in [6, 6.07) is 3.89. The van der Waals surface area contributed by atoms with Gasteiger partial charge in [0, 0.05) is 84.7 Å². The van der Waals surface area contributed by atoms with E-state index in [1.165, 1.54) is 16.3 Å². The minimum Gasteiger partial charge on any atom is -0.464 e. The van der Waals surface area contributed by atoms with Crippen molar-refractivity contribution in [3.8, 4) is 34.4 Å². The number of hydrogen-bond donors (Lipinski definition) is 2. The lowest BCUT2D eigenvalue weighted by Crippen LogP contribution is -2.60. The molecule has 14 nitrogen and oxygen atoms in total. The van der Waals surface area contributed by atoms with Gasteiger partial charge in [0.2, 0.25) is 5.91 Å². The Morgan fingerprint density at radius 1 is 1.16 bits per heavy atom. The zero-order valence-corrected chi connectivity index (χ0v) is 39.3. The molecular weight excluding hydrogens is 858 g/mol. The highest BCUT2D eigenvalue weighted by atomic mass is 32.2. The van der Waals surface area contributed by atoms with Gasteiger partial charge in [0.15, 0.2) is 15.7 Å². The van der Waals surface area contributed by atoms with Crippen molar-refractivity contribution in [1.82, 2.24) is 35.2 Å². The first-order chi connectivity index (χ1) is 30.5. The highest BCUT2D eigenvalue weighted by Crippen LogP contribution is 2.46. The minimum absolute atomic E-state index is 0.00533. The van der Waals surface area contributed by atoms with Crippen molar-refractivity contribution in [2.75, 3.05) is 51.4 Å². The predicted molar refractivity (Wildman–Crippen MR) is 243 cm³/mol. The number of hydrazine groups is 1. The number of cyclic esters (lactones) is 1. The maximum Gasteiger partial charge on any atom is 0.324 e. The molecule has 4 aliphatic rings. The van der Waals surface area contributed by atoms with Crippen LogP contribution in [0.4, 0.5) is 4.39 Å². The monoisotopic (exact) mass is 915 g/mol. The number of pyridine rings is 1. The first kappa shape index (κ1) is 45.8. The van der Waals surface area contributed by atoms with Crippen LogP contribution in [0.3, 0.4) is 0 Å². The Labute approximate surface area is 378 Å². The molecule has 3 aromatic heterocycles. The highest BCUT2D eigenvalue weighted by molar-refractivity contribution is 7.91. The zero-order chi connectivity index (χ0) is 45.7. The number of fused-ring (bicyclic) bond motifs is 6. The number of esters is 1. The molecule has 1 aliphatic carbocycles. The Bertz CT molecular complexity index is 2630. The van der Waals surface area contributed by atoms with Gasteiger partial charge in [0.1, 0.15) is 12.1 Å². The fourth-order valence-corrected chi connectivity index (χ4v) is 11.4. The van der Waals surface area contributed by atoms with Gasteiger partial charge in [-0.1, -0.05) is 52.5 Å². The number of benzene rings is 1. The molecule has 64 heavy (non-hydrogen) atoms. The summed E-state index contributed by atoms with van der Waals surface area (Å²) in [5.74, 6) is 5.36. The van der Waals surface area contributed by atoms with Crippen molar-refractivity contribution in [2.45, 2.75) is 92.0 Å². The third-order valence-electron chi connectivity index (χ3n) is 13.4. The molecule has 1 saturated carbocycles. The van der Waals surface area contributed by atoms with E-state index in [0.717, 1.165) is 16.8 Å². The standard InChI is InChI=1S/C47H58FN7O7S2/c1-8-31-32-13-14-33-37-24-63-38(50-37)22-36(51-44(56)39-27(2)28(39)3)45(57)55-16-10-12-35(52-55)46(58)62-26-47(5,6)25-54(43(32)40(33)48)42(31)34-21-30(23-49-41(34)29(4)61-7)11-9-15-53-17-19-64(59,60)20-18-53/h13-14,21,23-24,27-29,35-36,39,52H,8,10,12,15-20,22,25-26H2,1-7H3,(H,51,56)/t27-,28+,29-,35-,36-,39?/m0/s1. The lowest BCUT2D eigenvalue weighted by atomic mass is 9.93. The third kappa shape index (κ3) is 9.35. The fraction of sp³-hybridized carbons (Fsp3) is 0.553. The number of ether oxygens (including phenoxy) is 2. The van der Waals surface area contributed by atoms with Gasteiger partial charge in [-0.05, 0) is 55.7 Å². The molecule has 3 fully saturated rings. The first-order valence-corrected chi connectivity index (χ1v) is 25.0. The molecule has 17 heteroatoms. The molecule has 2 saturated heterocycles. The van der Waals surface area contributed by atoms with Crippen LogP contribution in [0.2, 0.25) is 0 Å². The summed E-state index contributed by atoms with van der Waals surface area (Å²) >= 11 is 1.30. The van der Waals surface area contributed by atoms with E-state index in [0.29, 0.717) is 78.3 Å². The summed E-state index contributed by atoms with van der Waals surface area (Å²) in [6.45, 7) is 13.8. The van der Waals surface area contributed by atoms with Crippen LogP contribution >= 0.6 is 11.3 Å². The average Bonchev–Trinajstić information content (AvgIpc) is 3.53. The predicted octanol–water partition coefficient (Wildman–Crippen LogP) is 5.33. The Morgan fingerprint density at radius 2 is 1.91 bits per heavy atom. The Morgan fingerprint density at radius 3 is 2.61 bits per heavy atom. The molecule has 3 aliphatic heterocycles. The van der Waals surface area contributed by atoms with Gasteiger partial charge in [0.05, 0.1) is 58.4 Å². The minimum atomic E-state index is -3.02. The van der Waals surface area contributed by atoms with E-state index in [2.05, 4.69) is 22.6 Å². The number of sulfone groups is 1. The number of nitrogens with zero attached hydrogens (tertiary/aromatic N) is 5. The average molecular weight is 916 g/mol. The second-order valence-electron chi connectivity index (χ2n) is 18.6.